The molecule has 1 heterocycles. The largest absolute Gasteiger partial charge is 0.467 e. The van der Waals surface area contributed by atoms with Gasteiger partial charge in [-0.05, 0) is 36.6 Å². The molecule has 0 saturated carbocycles. The molecule has 0 fully saturated rings. The molecule has 2 aromatic rings. The lowest BCUT2D eigenvalue weighted by Crippen LogP contribution is -2.15. The minimum Gasteiger partial charge on any atom is -0.467 e. The van der Waals surface area contributed by atoms with E-state index in [9.17, 15) is 13.2 Å². The SMILES string of the molecule is CC(C)CCSOC(=O)c1cc(S(N)(=O)=O)c(Cl)cc1NCc1ccco1. The average molecular weight is 433 g/mol. The summed E-state index contributed by atoms with van der Waals surface area (Å²) in [5.74, 6) is 1.06. The highest BCUT2D eigenvalue weighted by Crippen LogP contribution is 2.30. The molecule has 0 unspecified atom stereocenters. The van der Waals surface area contributed by atoms with Crippen LogP contribution in [0.4, 0.5) is 5.69 Å². The van der Waals surface area contributed by atoms with Crippen molar-refractivity contribution in [3.8, 4) is 0 Å². The summed E-state index contributed by atoms with van der Waals surface area (Å²) in [5, 5.41) is 8.08. The summed E-state index contributed by atoms with van der Waals surface area (Å²) in [5.41, 5.74) is 0.338. The van der Waals surface area contributed by atoms with Gasteiger partial charge >= 0.3 is 5.97 Å². The van der Waals surface area contributed by atoms with Crippen molar-refractivity contribution in [2.24, 2.45) is 11.1 Å². The van der Waals surface area contributed by atoms with Crippen LogP contribution in [0.15, 0.2) is 39.8 Å². The lowest BCUT2D eigenvalue weighted by Gasteiger charge is -2.13. The van der Waals surface area contributed by atoms with Gasteiger partial charge in [0.1, 0.15) is 10.7 Å². The number of carbonyl (C=O) groups is 1. The zero-order chi connectivity index (χ0) is 20.0. The van der Waals surface area contributed by atoms with Gasteiger partial charge in [-0.25, -0.2) is 18.4 Å². The Hall–Kier alpha value is -1.68. The predicted molar refractivity (Wildman–Crippen MR) is 106 cm³/mol. The molecule has 10 heteroatoms. The quantitative estimate of drug-likeness (QED) is 0.454. The second-order valence-corrected chi connectivity index (χ2v) is 8.93. The second-order valence-electron chi connectivity index (χ2n) is 6.18. The number of anilines is 1. The molecule has 1 aromatic carbocycles. The van der Waals surface area contributed by atoms with Gasteiger partial charge in [-0.2, -0.15) is 0 Å². The van der Waals surface area contributed by atoms with E-state index in [1.165, 1.54) is 12.3 Å². The van der Waals surface area contributed by atoms with Gasteiger partial charge in [-0.1, -0.05) is 25.4 Å². The van der Waals surface area contributed by atoms with Crippen molar-refractivity contribution in [2.75, 3.05) is 11.1 Å². The summed E-state index contributed by atoms with van der Waals surface area (Å²) in [6.45, 7) is 4.41. The predicted octanol–water partition coefficient (Wildman–Crippen LogP) is 4.04. The first-order chi connectivity index (χ1) is 12.7. The fraction of sp³-hybridized carbons (Fsp3) is 0.353. The molecule has 0 amide bonds. The second kappa shape index (κ2) is 9.50. The van der Waals surface area contributed by atoms with E-state index >= 15 is 0 Å². The third kappa shape index (κ3) is 6.46. The first-order valence-corrected chi connectivity index (χ1v) is 11.0. The number of nitrogens with one attached hydrogen (secondary N) is 1. The lowest BCUT2D eigenvalue weighted by molar-refractivity contribution is 0.0768. The van der Waals surface area contributed by atoms with Crippen LogP contribution in [0.2, 0.25) is 5.02 Å². The van der Waals surface area contributed by atoms with Gasteiger partial charge in [-0.3, -0.25) is 0 Å². The molecule has 27 heavy (non-hydrogen) atoms. The van der Waals surface area contributed by atoms with E-state index in [1.807, 2.05) is 0 Å². The van der Waals surface area contributed by atoms with Crippen LogP contribution in [0, 0.1) is 5.92 Å². The minimum absolute atomic E-state index is 0.0204. The number of hydrogen-bond acceptors (Lipinski definition) is 7. The molecule has 0 bridgehead atoms. The number of benzene rings is 1. The summed E-state index contributed by atoms with van der Waals surface area (Å²) in [4.78, 5) is 12.1. The van der Waals surface area contributed by atoms with Gasteiger partial charge in [0.25, 0.3) is 0 Å². The zero-order valence-corrected chi connectivity index (χ0v) is 17.3. The lowest BCUT2D eigenvalue weighted by atomic mass is 10.1. The van der Waals surface area contributed by atoms with Crippen LogP contribution in [0.25, 0.3) is 0 Å². The monoisotopic (exact) mass is 432 g/mol. The molecular formula is C17H21ClN2O5S2. The molecule has 0 aliphatic rings. The van der Waals surface area contributed by atoms with Crippen molar-refractivity contribution in [3.63, 3.8) is 0 Å². The molecule has 7 nitrogen and oxygen atoms in total. The van der Waals surface area contributed by atoms with Gasteiger partial charge in [0.05, 0.1) is 41.1 Å². The third-order valence-electron chi connectivity index (χ3n) is 3.54. The Balaban J connectivity index is 2.25. The Bertz CT molecular complexity index is 883. The fourth-order valence-corrected chi connectivity index (χ4v) is 4.05. The standard InChI is InChI=1S/C17H21ClN2O5S2/c1-11(2)5-7-26-25-17(21)13-8-16(27(19,22)23)14(18)9-15(13)20-10-12-4-3-6-24-12/h3-4,6,8-9,11,20H,5,7,10H2,1-2H3,(H2,19,22,23). The normalized spacial score (nSPS) is 11.6. The Labute approximate surface area is 167 Å². The molecule has 1 aromatic heterocycles. The van der Waals surface area contributed by atoms with E-state index in [4.69, 9.17) is 25.3 Å². The van der Waals surface area contributed by atoms with E-state index in [0.717, 1.165) is 24.5 Å². The van der Waals surface area contributed by atoms with Crippen LogP contribution >= 0.6 is 23.6 Å². The van der Waals surface area contributed by atoms with Crippen LogP contribution in [0.5, 0.6) is 0 Å². The summed E-state index contributed by atoms with van der Waals surface area (Å²) < 4.78 is 33.9. The minimum atomic E-state index is -4.09. The fourth-order valence-electron chi connectivity index (χ4n) is 2.11. The van der Waals surface area contributed by atoms with Crippen LogP contribution in [-0.4, -0.2) is 20.1 Å². The van der Waals surface area contributed by atoms with Crippen LogP contribution < -0.4 is 10.5 Å². The summed E-state index contributed by atoms with van der Waals surface area (Å²) in [6.07, 6.45) is 2.40. The Morgan fingerprint density at radius 3 is 2.74 bits per heavy atom. The average Bonchev–Trinajstić information content (AvgIpc) is 3.08. The number of nitrogens with two attached hydrogens (primary N) is 1. The van der Waals surface area contributed by atoms with Gasteiger partial charge in [0, 0.05) is 5.75 Å². The summed E-state index contributed by atoms with van der Waals surface area (Å²) >= 11 is 7.05. The smallest absolute Gasteiger partial charge is 0.352 e. The molecule has 0 aliphatic heterocycles. The first kappa shape index (κ1) is 21.6. The molecule has 2 rings (SSSR count). The number of rotatable bonds is 9. The Kier molecular flexibility index (Phi) is 7.60. The summed E-state index contributed by atoms with van der Waals surface area (Å²) in [6, 6.07) is 5.94. The van der Waals surface area contributed by atoms with E-state index in [2.05, 4.69) is 19.2 Å². The maximum atomic E-state index is 12.5. The van der Waals surface area contributed by atoms with Gasteiger partial charge < -0.3 is 13.9 Å². The summed E-state index contributed by atoms with van der Waals surface area (Å²) in [7, 11) is -4.09. The molecule has 0 spiro atoms. The first-order valence-electron chi connectivity index (χ1n) is 8.15. The van der Waals surface area contributed by atoms with Gasteiger partial charge in [0.15, 0.2) is 0 Å². The van der Waals surface area contributed by atoms with Gasteiger partial charge in [0.2, 0.25) is 10.0 Å². The van der Waals surface area contributed by atoms with Crippen molar-refractivity contribution in [2.45, 2.75) is 31.7 Å². The molecule has 148 valence electrons. The highest BCUT2D eigenvalue weighted by Gasteiger charge is 2.22. The van der Waals surface area contributed by atoms with Crippen molar-refractivity contribution in [1.82, 2.24) is 0 Å². The van der Waals surface area contributed by atoms with Crippen LogP contribution in [0.3, 0.4) is 0 Å². The maximum Gasteiger partial charge on any atom is 0.352 e. The Morgan fingerprint density at radius 1 is 1.41 bits per heavy atom. The molecular weight excluding hydrogens is 412 g/mol. The highest BCUT2D eigenvalue weighted by atomic mass is 35.5. The highest BCUT2D eigenvalue weighted by molar-refractivity contribution is 7.95. The maximum absolute atomic E-state index is 12.5. The molecule has 0 atom stereocenters. The van der Waals surface area contributed by atoms with Crippen molar-refractivity contribution in [1.29, 1.82) is 0 Å². The van der Waals surface area contributed by atoms with E-state index in [1.54, 1.807) is 12.1 Å². The van der Waals surface area contributed by atoms with Crippen molar-refractivity contribution < 1.29 is 21.8 Å². The van der Waals surface area contributed by atoms with Gasteiger partial charge in [-0.15, -0.1) is 0 Å². The zero-order valence-electron chi connectivity index (χ0n) is 14.9. The van der Waals surface area contributed by atoms with E-state index in [-0.39, 0.29) is 22.0 Å². The topological polar surface area (TPSA) is 112 Å². The molecule has 3 N–H and O–H groups in total. The molecule has 0 aliphatic carbocycles. The molecule has 0 saturated heterocycles. The van der Waals surface area contributed by atoms with E-state index in [0.29, 0.717) is 23.1 Å². The number of furan rings is 1. The third-order valence-corrected chi connectivity index (χ3v) is 5.59. The number of hydrogen-bond donors (Lipinski definition) is 2. The molecule has 0 radical (unpaired) electrons. The van der Waals surface area contributed by atoms with Crippen LogP contribution in [0.1, 0.15) is 36.4 Å². The number of halogens is 1. The van der Waals surface area contributed by atoms with Crippen LogP contribution in [-0.2, 0) is 20.8 Å². The van der Waals surface area contributed by atoms with E-state index < -0.39 is 16.0 Å². The number of carbonyl (C=O) groups excluding carboxylic acids is 1. The van der Waals surface area contributed by atoms with Crippen molar-refractivity contribution >= 4 is 45.3 Å². The number of sulfonamides is 1. The number of primary sulfonamides is 1. The van der Waals surface area contributed by atoms with Crippen molar-refractivity contribution in [3.05, 3.63) is 46.9 Å². The Morgan fingerprint density at radius 2 is 2.15 bits per heavy atom.